The second kappa shape index (κ2) is 11.2. The summed E-state index contributed by atoms with van der Waals surface area (Å²) in [7, 11) is 0. The number of pyridine rings is 1. The lowest BCUT2D eigenvalue weighted by Crippen LogP contribution is -2.24. The van der Waals surface area contributed by atoms with E-state index in [0.717, 1.165) is 29.7 Å². The second-order valence-corrected chi connectivity index (χ2v) is 9.40. The molecule has 6 nitrogen and oxygen atoms in total. The van der Waals surface area contributed by atoms with Gasteiger partial charge in [-0.15, -0.1) is 12.4 Å². The van der Waals surface area contributed by atoms with Crippen molar-refractivity contribution < 1.29 is 4.74 Å². The highest BCUT2D eigenvalue weighted by atomic mass is 35.5. The van der Waals surface area contributed by atoms with Crippen LogP contribution in [0.4, 0.5) is 0 Å². The van der Waals surface area contributed by atoms with E-state index < -0.39 is 0 Å². The summed E-state index contributed by atoms with van der Waals surface area (Å²) in [4.78, 5) is 15.3. The molecule has 0 atom stereocenters. The third kappa shape index (κ3) is 5.79. The molecular weight excluding hydrogens is 436 g/mol. The number of hydrogen-bond acceptors (Lipinski definition) is 4. The summed E-state index contributed by atoms with van der Waals surface area (Å²) >= 11 is 0. The molecule has 1 aliphatic carbocycles. The summed E-state index contributed by atoms with van der Waals surface area (Å²) in [5, 5.41) is 5.65. The second-order valence-electron chi connectivity index (χ2n) is 9.40. The van der Waals surface area contributed by atoms with Crippen LogP contribution in [0.5, 0.6) is 5.75 Å². The van der Waals surface area contributed by atoms with E-state index in [1.54, 1.807) is 10.6 Å². The maximum absolute atomic E-state index is 12.8. The average Bonchev–Trinajstić information content (AvgIpc) is 3.39. The summed E-state index contributed by atoms with van der Waals surface area (Å²) in [5.41, 5.74) is 1.91. The van der Waals surface area contributed by atoms with Crippen molar-refractivity contribution in [2.24, 2.45) is 5.92 Å². The molecule has 3 heterocycles. The zero-order valence-corrected chi connectivity index (χ0v) is 20.1. The Morgan fingerprint density at radius 1 is 0.939 bits per heavy atom. The predicted molar refractivity (Wildman–Crippen MR) is 135 cm³/mol. The van der Waals surface area contributed by atoms with Gasteiger partial charge in [-0.1, -0.05) is 25.7 Å². The van der Waals surface area contributed by atoms with Crippen molar-refractivity contribution in [2.75, 3.05) is 26.2 Å². The van der Waals surface area contributed by atoms with Gasteiger partial charge in [0.1, 0.15) is 5.75 Å². The molecule has 0 unspecified atom stereocenters. The summed E-state index contributed by atoms with van der Waals surface area (Å²) in [5.74, 6) is 1.29. The van der Waals surface area contributed by atoms with Crippen molar-refractivity contribution in [1.29, 1.82) is 0 Å². The molecule has 7 heteroatoms. The molecule has 0 N–H and O–H groups in total. The first-order valence-corrected chi connectivity index (χ1v) is 12.3. The molecule has 5 rings (SSSR count). The highest BCUT2D eigenvalue weighted by molar-refractivity contribution is 5.85. The van der Waals surface area contributed by atoms with Crippen molar-refractivity contribution >= 4 is 23.3 Å². The van der Waals surface area contributed by atoms with Crippen molar-refractivity contribution in [3.63, 3.8) is 0 Å². The normalized spacial score (nSPS) is 17.7. The SMILES string of the molecule is Cl.O=c1cc(OCC2CCCCCC2)ccn1-c1ccc2c(cnn2CCN2CCCC2)c1. The van der Waals surface area contributed by atoms with Crippen LogP contribution in [-0.2, 0) is 6.54 Å². The number of aromatic nitrogens is 3. The van der Waals surface area contributed by atoms with E-state index in [0.29, 0.717) is 18.3 Å². The lowest BCUT2D eigenvalue weighted by Gasteiger charge is -2.15. The van der Waals surface area contributed by atoms with Crippen LogP contribution in [0.1, 0.15) is 51.4 Å². The van der Waals surface area contributed by atoms with E-state index in [9.17, 15) is 4.79 Å². The van der Waals surface area contributed by atoms with Crippen LogP contribution in [0.15, 0.2) is 47.5 Å². The minimum atomic E-state index is -0.0656. The van der Waals surface area contributed by atoms with Gasteiger partial charge in [0.2, 0.25) is 0 Å². The Morgan fingerprint density at radius 3 is 2.48 bits per heavy atom. The Morgan fingerprint density at radius 2 is 1.73 bits per heavy atom. The van der Waals surface area contributed by atoms with Crippen molar-refractivity contribution in [3.8, 4) is 11.4 Å². The van der Waals surface area contributed by atoms with E-state index >= 15 is 0 Å². The summed E-state index contributed by atoms with van der Waals surface area (Å²) < 4.78 is 9.74. The first-order chi connectivity index (χ1) is 15.8. The van der Waals surface area contributed by atoms with E-state index in [1.807, 2.05) is 30.6 Å². The number of nitrogens with zero attached hydrogens (tertiary/aromatic N) is 4. The molecule has 1 saturated carbocycles. The van der Waals surface area contributed by atoms with Gasteiger partial charge in [0.05, 0.1) is 24.9 Å². The molecule has 2 aromatic heterocycles. The Labute approximate surface area is 201 Å². The van der Waals surface area contributed by atoms with E-state index in [-0.39, 0.29) is 18.0 Å². The van der Waals surface area contributed by atoms with Crippen LogP contribution in [0.3, 0.4) is 0 Å². The third-order valence-corrected chi connectivity index (χ3v) is 7.08. The molecule has 1 saturated heterocycles. The fraction of sp³-hybridized carbons (Fsp3) is 0.538. The largest absolute Gasteiger partial charge is 0.493 e. The Bertz CT molecular complexity index is 1100. The Balaban J connectivity index is 0.00000259. The number of halogens is 1. The van der Waals surface area contributed by atoms with Gasteiger partial charge in [-0.2, -0.15) is 5.10 Å². The number of fused-ring (bicyclic) bond motifs is 1. The van der Waals surface area contributed by atoms with Crippen molar-refractivity contribution in [1.82, 2.24) is 19.2 Å². The predicted octanol–water partition coefficient (Wildman–Crippen LogP) is 5.05. The Hall–Kier alpha value is -2.31. The molecular formula is C26H35ClN4O2. The lowest BCUT2D eigenvalue weighted by atomic mass is 10.0. The maximum Gasteiger partial charge on any atom is 0.258 e. The van der Waals surface area contributed by atoms with Crippen molar-refractivity contribution in [3.05, 3.63) is 53.1 Å². The highest BCUT2D eigenvalue weighted by Crippen LogP contribution is 2.24. The maximum atomic E-state index is 12.8. The van der Waals surface area contributed by atoms with Gasteiger partial charge in [-0.25, -0.2) is 0 Å². The molecule has 178 valence electrons. The lowest BCUT2D eigenvalue weighted by molar-refractivity contribution is 0.233. The monoisotopic (exact) mass is 470 g/mol. The van der Waals surface area contributed by atoms with E-state index in [4.69, 9.17) is 4.74 Å². The molecule has 0 amide bonds. The topological polar surface area (TPSA) is 52.3 Å². The molecule has 1 aliphatic heterocycles. The molecule has 3 aromatic rings. The molecule has 2 fully saturated rings. The van der Waals surface area contributed by atoms with Crippen LogP contribution in [-0.4, -0.2) is 45.5 Å². The molecule has 33 heavy (non-hydrogen) atoms. The summed E-state index contributed by atoms with van der Waals surface area (Å²) in [6, 6.07) is 9.64. The van der Waals surface area contributed by atoms with Gasteiger partial charge < -0.3 is 9.64 Å². The van der Waals surface area contributed by atoms with Gasteiger partial charge in [-0.05, 0) is 69.0 Å². The highest BCUT2D eigenvalue weighted by Gasteiger charge is 2.14. The van der Waals surface area contributed by atoms with Gasteiger partial charge in [0.25, 0.3) is 5.56 Å². The first kappa shape index (κ1) is 23.8. The smallest absolute Gasteiger partial charge is 0.258 e. The van der Waals surface area contributed by atoms with E-state index in [1.165, 1.54) is 64.5 Å². The minimum absolute atomic E-state index is 0. The zero-order valence-electron chi connectivity index (χ0n) is 19.3. The van der Waals surface area contributed by atoms with Crippen LogP contribution < -0.4 is 10.3 Å². The van der Waals surface area contributed by atoms with Crippen LogP contribution in [0.2, 0.25) is 0 Å². The van der Waals surface area contributed by atoms with Crippen molar-refractivity contribution in [2.45, 2.75) is 57.9 Å². The number of benzene rings is 1. The summed E-state index contributed by atoms with van der Waals surface area (Å²) in [6.07, 6.45) is 14.1. The number of likely N-dealkylation sites (tertiary alicyclic amines) is 1. The van der Waals surface area contributed by atoms with E-state index in [2.05, 4.69) is 20.7 Å². The quantitative estimate of drug-likeness (QED) is 0.453. The van der Waals surface area contributed by atoms with Gasteiger partial charge in [0.15, 0.2) is 0 Å². The van der Waals surface area contributed by atoms with Crippen LogP contribution in [0.25, 0.3) is 16.6 Å². The first-order valence-electron chi connectivity index (χ1n) is 12.3. The summed E-state index contributed by atoms with van der Waals surface area (Å²) in [6.45, 7) is 5.06. The molecule has 1 aromatic carbocycles. The standard InChI is InChI=1S/C26H34N4O2.ClH/c31-26-18-24(32-20-21-7-3-1-2-4-8-21)11-14-29(26)23-9-10-25-22(17-23)19-27-30(25)16-15-28-12-5-6-13-28;/h9-11,14,17-19,21H,1-8,12-13,15-16,20H2;1H. The van der Waals surface area contributed by atoms with Gasteiger partial charge >= 0.3 is 0 Å². The fourth-order valence-electron chi connectivity index (χ4n) is 5.15. The molecule has 0 spiro atoms. The number of hydrogen-bond donors (Lipinski definition) is 0. The number of rotatable bonds is 7. The molecule has 2 aliphatic rings. The third-order valence-electron chi connectivity index (χ3n) is 7.08. The minimum Gasteiger partial charge on any atom is -0.493 e. The van der Waals surface area contributed by atoms with Crippen LogP contribution >= 0.6 is 12.4 Å². The number of ether oxygens (including phenoxy) is 1. The fourth-order valence-corrected chi connectivity index (χ4v) is 5.15. The molecule has 0 bridgehead atoms. The van der Waals surface area contributed by atoms with Gasteiger partial charge in [0, 0.05) is 29.9 Å². The molecule has 0 radical (unpaired) electrons. The zero-order chi connectivity index (χ0) is 21.8. The van der Waals surface area contributed by atoms with Gasteiger partial charge in [-0.3, -0.25) is 14.0 Å². The van der Waals surface area contributed by atoms with Crippen LogP contribution in [0, 0.1) is 5.92 Å². The Kier molecular flexibility index (Phi) is 8.10. The average molecular weight is 471 g/mol.